The van der Waals surface area contributed by atoms with E-state index >= 15 is 0 Å². The van der Waals surface area contributed by atoms with Gasteiger partial charge in [-0.25, -0.2) is 0 Å². The molecule has 0 aliphatic rings. The molecule has 3 heteroatoms. The zero-order chi connectivity index (χ0) is 8.27. The smallest absolute Gasteiger partial charge is 0.0802 e. The second kappa shape index (κ2) is 3.69. The quantitative estimate of drug-likeness (QED) is 0.740. The fraction of sp³-hybridized carbons (Fsp3) is 0.375. The van der Waals surface area contributed by atoms with Gasteiger partial charge in [0.15, 0.2) is 0 Å². The van der Waals surface area contributed by atoms with E-state index in [2.05, 4.69) is 4.98 Å². The van der Waals surface area contributed by atoms with Gasteiger partial charge in [-0.05, 0) is 12.5 Å². The van der Waals surface area contributed by atoms with Crippen molar-refractivity contribution in [2.45, 2.75) is 19.4 Å². The molecule has 0 saturated carbocycles. The van der Waals surface area contributed by atoms with Crippen LogP contribution in [0.2, 0.25) is 5.02 Å². The first-order valence-corrected chi connectivity index (χ1v) is 3.90. The van der Waals surface area contributed by atoms with Crippen molar-refractivity contribution in [1.82, 2.24) is 4.98 Å². The molecular formula is C8H10ClNO. The van der Waals surface area contributed by atoms with Crippen molar-refractivity contribution in [2.24, 2.45) is 0 Å². The maximum atomic E-state index is 9.36. The van der Waals surface area contributed by atoms with Crippen molar-refractivity contribution < 1.29 is 5.11 Å². The van der Waals surface area contributed by atoms with Gasteiger partial charge in [0.2, 0.25) is 0 Å². The van der Waals surface area contributed by atoms with Crippen LogP contribution in [0.3, 0.4) is 0 Å². The summed E-state index contributed by atoms with van der Waals surface area (Å²) < 4.78 is 0. The van der Waals surface area contributed by atoms with Gasteiger partial charge in [0.25, 0.3) is 0 Å². The van der Waals surface area contributed by atoms with E-state index in [0.717, 1.165) is 5.56 Å². The average molecular weight is 172 g/mol. The first-order valence-electron chi connectivity index (χ1n) is 3.52. The lowest BCUT2D eigenvalue weighted by atomic mass is 10.1. The van der Waals surface area contributed by atoms with E-state index in [1.807, 2.05) is 6.92 Å². The number of rotatable bonds is 2. The Morgan fingerprint density at radius 1 is 1.64 bits per heavy atom. The summed E-state index contributed by atoms with van der Waals surface area (Å²) in [6, 6.07) is 1.72. The van der Waals surface area contributed by atoms with Crippen LogP contribution in [0.4, 0.5) is 0 Å². The van der Waals surface area contributed by atoms with Gasteiger partial charge in [-0.3, -0.25) is 4.98 Å². The Bertz CT molecular complexity index is 239. The zero-order valence-electron chi connectivity index (χ0n) is 6.29. The zero-order valence-corrected chi connectivity index (χ0v) is 7.04. The number of aliphatic hydroxyl groups excluding tert-OH is 1. The van der Waals surface area contributed by atoms with Crippen molar-refractivity contribution >= 4 is 11.6 Å². The van der Waals surface area contributed by atoms with Gasteiger partial charge >= 0.3 is 0 Å². The lowest BCUT2D eigenvalue weighted by Gasteiger charge is -2.06. The highest BCUT2D eigenvalue weighted by Crippen LogP contribution is 2.17. The third-order valence-corrected chi connectivity index (χ3v) is 1.70. The van der Waals surface area contributed by atoms with Crippen LogP contribution in [-0.4, -0.2) is 10.1 Å². The number of aliphatic hydroxyl groups is 1. The molecule has 60 valence electrons. The minimum absolute atomic E-state index is 0.443. The molecular weight excluding hydrogens is 162 g/mol. The first kappa shape index (κ1) is 8.50. The summed E-state index contributed by atoms with van der Waals surface area (Å²) in [5.41, 5.74) is 0.778. The second-order valence-electron chi connectivity index (χ2n) is 2.36. The van der Waals surface area contributed by atoms with Crippen LogP contribution >= 0.6 is 11.6 Å². The minimum Gasteiger partial charge on any atom is -0.388 e. The Hall–Kier alpha value is -0.600. The van der Waals surface area contributed by atoms with Gasteiger partial charge in [0.05, 0.1) is 11.1 Å². The van der Waals surface area contributed by atoms with Gasteiger partial charge in [0, 0.05) is 18.0 Å². The number of halogens is 1. The SMILES string of the molecule is CCC(O)c1cncc(Cl)c1. The normalized spacial score (nSPS) is 13.0. The van der Waals surface area contributed by atoms with E-state index in [1.54, 1.807) is 18.5 Å². The molecule has 0 saturated heterocycles. The summed E-state index contributed by atoms with van der Waals surface area (Å²) in [6.45, 7) is 1.91. The van der Waals surface area contributed by atoms with Gasteiger partial charge in [-0.2, -0.15) is 0 Å². The topological polar surface area (TPSA) is 33.1 Å². The predicted molar refractivity (Wildman–Crippen MR) is 44.5 cm³/mol. The Morgan fingerprint density at radius 3 is 2.91 bits per heavy atom. The third kappa shape index (κ3) is 2.17. The summed E-state index contributed by atoms with van der Waals surface area (Å²) in [5.74, 6) is 0. The van der Waals surface area contributed by atoms with Crippen LogP contribution < -0.4 is 0 Å². The van der Waals surface area contributed by atoms with Crippen LogP contribution in [0.1, 0.15) is 25.0 Å². The first-order chi connectivity index (χ1) is 5.24. The molecule has 0 amide bonds. The molecule has 0 aromatic carbocycles. The molecule has 0 spiro atoms. The molecule has 0 radical (unpaired) electrons. The fourth-order valence-corrected chi connectivity index (χ4v) is 1.03. The van der Waals surface area contributed by atoms with Crippen molar-refractivity contribution in [2.75, 3.05) is 0 Å². The third-order valence-electron chi connectivity index (χ3n) is 1.50. The van der Waals surface area contributed by atoms with Gasteiger partial charge in [-0.1, -0.05) is 18.5 Å². The maximum Gasteiger partial charge on any atom is 0.0802 e. The molecule has 0 bridgehead atoms. The van der Waals surface area contributed by atoms with Crippen molar-refractivity contribution in [3.05, 3.63) is 29.0 Å². The summed E-state index contributed by atoms with van der Waals surface area (Å²) in [7, 11) is 0. The Balaban J connectivity index is 2.86. The lowest BCUT2D eigenvalue weighted by molar-refractivity contribution is 0.173. The van der Waals surface area contributed by atoms with E-state index in [0.29, 0.717) is 11.4 Å². The standard InChI is InChI=1S/C8H10ClNO/c1-2-8(11)6-3-7(9)5-10-4-6/h3-5,8,11H,2H2,1H3. The number of aromatic nitrogens is 1. The van der Waals surface area contributed by atoms with Gasteiger partial charge < -0.3 is 5.11 Å². The van der Waals surface area contributed by atoms with E-state index in [9.17, 15) is 5.11 Å². The lowest BCUT2D eigenvalue weighted by Crippen LogP contribution is -1.95. The number of pyridine rings is 1. The van der Waals surface area contributed by atoms with Crippen molar-refractivity contribution in [3.63, 3.8) is 0 Å². The van der Waals surface area contributed by atoms with Gasteiger partial charge in [0.1, 0.15) is 0 Å². The predicted octanol–water partition coefficient (Wildman–Crippen LogP) is 2.18. The molecule has 0 aliphatic heterocycles. The number of hydrogen-bond donors (Lipinski definition) is 1. The monoisotopic (exact) mass is 171 g/mol. The fourth-order valence-electron chi connectivity index (χ4n) is 0.846. The molecule has 2 nitrogen and oxygen atoms in total. The maximum absolute atomic E-state index is 9.36. The van der Waals surface area contributed by atoms with Crippen molar-refractivity contribution in [3.8, 4) is 0 Å². The Kier molecular flexibility index (Phi) is 2.85. The highest BCUT2D eigenvalue weighted by molar-refractivity contribution is 6.30. The van der Waals surface area contributed by atoms with Crippen LogP contribution in [0.25, 0.3) is 0 Å². The van der Waals surface area contributed by atoms with Crippen LogP contribution in [0.5, 0.6) is 0 Å². The molecule has 0 aliphatic carbocycles. The summed E-state index contributed by atoms with van der Waals surface area (Å²) in [4.78, 5) is 3.86. The van der Waals surface area contributed by atoms with Crippen LogP contribution in [-0.2, 0) is 0 Å². The van der Waals surface area contributed by atoms with Crippen LogP contribution in [0.15, 0.2) is 18.5 Å². The highest BCUT2D eigenvalue weighted by atomic mass is 35.5. The van der Waals surface area contributed by atoms with E-state index in [-0.39, 0.29) is 0 Å². The minimum atomic E-state index is -0.443. The Morgan fingerprint density at radius 2 is 2.36 bits per heavy atom. The second-order valence-corrected chi connectivity index (χ2v) is 2.80. The summed E-state index contributed by atoms with van der Waals surface area (Å²) in [5, 5.41) is 9.92. The molecule has 1 N–H and O–H groups in total. The highest BCUT2D eigenvalue weighted by Gasteiger charge is 2.04. The van der Waals surface area contributed by atoms with E-state index in [4.69, 9.17) is 11.6 Å². The van der Waals surface area contributed by atoms with E-state index in [1.165, 1.54) is 0 Å². The molecule has 1 aromatic rings. The molecule has 1 rings (SSSR count). The molecule has 1 aromatic heterocycles. The molecule has 11 heavy (non-hydrogen) atoms. The van der Waals surface area contributed by atoms with Crippen LogP contribution in [0, 0.1) is 0 Å². The summed E-state index contributed by atoms with van der Waals surface area (Å²) in [6.07, 6.45) is 3.41. The molecule has 1 heterocycles. The molecule has 1 atom stereocenters. The molecule has 1 unspecified atom stereocenters. The number of nitrogens with zero attached hydrogens (tertiary/aromatic N) is 1. The average Bonchev–Trinajstić information content (AvgIpc) is 2.03. The summed E-state index contributed by atoms with van der Waals surface area (Å²) >= 11 is 5.67. The Labute approximate surface area is 70.8 Å². The number of hydrogen-bond acceptors (Lipinski definition) is 2. The van der Waals surface area contributed by atoms with E-state index < -0.39 is 6.10 Å². The largest absolute Gasteiger partial charge is 0.388 e. The van der Waals surface area contributed by atoms with Gasteiger partial charge in [-0.15, -0.1) is 0 Å². The molecule has 0 fully saturated rings. The van der Waals surface area contributed by atoms with Crippen molar-refractivity contribution in [1.29, 1.82) is 0 Å².